The van der Waals surface area contributed by atoms with Crippen molar-refractivity contribution in [1.82, 2.24) is 14.5 Å². The molecule has 1 saturated heterocycles. The van der Waals surface area contributed by atoms with Crippen LogP contribution in [0.5, 0.6) is 0 Å². The average molecular weight is 462 g/mol. The fourth-order valence-corrected chi connectivity index (χ4v) is 5.15. The number of carbonyl (C=O) groups is 2. The normalized spacial score (nSPS) is 20.1. The van der Waals surface area contributed by atoms with Crippen molar-refractivity contribution in [3.05, 3.63) is 58.9 Å². The van der Waals surface area contributed by atoms with Crippen LogP contribution in [0, 0.1) is 11.7 Å². The number of rotatable bonds is 4. The van der Waals surface area contributed by atoms with Gasteiger partial charge in [0, 0.05) is 43.2 Å². The first kappa shape index (κ1) is 21.6. The van der Waals surface area contributed by atoms with Crippen LogP contribution >= 0.6 is 12.2 Å². The van der Waals surface area contributed by atoms with Gasteiger partial charge in [-0.2, -0.15) is 0 Å². The first-order chi connectivity index (χ1) is 15.9. The molecule has 0 radical (unpaired) electrons. The molecule has 2 aliphatic heterocycles. The van der Waals surface area contributed by atoms with E-state index in [9.17, 15) is 9.59 Å². The van der Waals surface area contributed by atoms with E-state index in [0.717, 1.165) is 17.4 Å². The molecule has 8 heteroatoms. The third kappa shape index (κ3) is 3.99. The predicted molar refractivity (Wildman–Crippen MR) is 132 cm³/mol. The predicted octanol–water partition coefficient (Wildman–Crippen LogP) is 4.03. The van der Waals surface area contributed by atoms with Crippen LogP contribution in [0.1, 0.15) is 30.1 Å². The SMILES string of the molecule is Cc1cccc(N2CCN(C(=O)CC[C@@H]3Nc4c5ccccc5nc(=S)n4C3=O)C[C@H]2C)c1. The van der Waals surface area contributed by atoms with Gasteiger partial charge in [-0.25, -0.2) is 9.55 Å². The van der Waals surface area contributed by atoms with E-state index in [1.54, 1.807) is 0 Å². The minimum absolute atomic E-state index is 0.0860. The second-order valence-electron chi connectivity index (χ2n) is 8.89. The lowest BCUT2D eigenvalue weighted by molar-refractivity contribution is -0.132. The van der Waals surface area contributed by atoms with E-state index in [0.29, 0.717) is 31.7 Å². The third-order valence-electron chi connectivity index (χ3n) is 6.58. The molecule has 0 aliphatic carbocycles. The highest BCUT2D eigenvalue weighted by Crippen LogP contribution is 2.29. The van der Waals surface area contributed by atoms with Crippen molar-refractivity contribution in [2.45, 2.75) is 38.8 Å². The minimum Gasteiger partial charge on any atom is -0.365 e. The Morgan fingerprint density at radius 3 is 2.79 bits per heavy atom. The fourth-order valence-electron chi connectivity index (χ4n) is 4.87. The lowest BCUT2D eigenvalue weighted by atomic mass is 10.1. The fraction of sp³-hybridized carbons (Fsp3) is 0.360. The highest BCUT2D eigenvalue weighted by molar-refractivity contribution is 7.71. The molecule has 3 heterocycles. The van der Waals surface area contributed by atoms with E-state index in [1.807, 2.05) is 29.2 Å². The highest BCUT2D eigenvalue weighted by Gasteiger charge is 2.33. The number of nitrogens with one attached hydrogen (secondary N) is 1. The van der Waals surface area contributed by atoms with Crippen LogP contribution in [-0.2, 0) is 4.79 Å². The summed E-state index contributed by atoms with van der Waals surface area (Å²) in [4.78, 5) is 34.6. The molecular formula is C25H27N5O2S. The van der Waals surface area contributed by atoms with Crippen LogP contribution in [0.2, 0.25) is 0 Å². The Bertz CT molecular complexity index is 1300. The second-order valence-corrected chi connectivity index (χ2v) is 9.26. The maximum atomic E-state index is 13.0. The van der Waals surface area contributed by atoms with Crippen molar-refractivity contribution in [2.24, 2.45) is 0 Å². The Hall–Kier alpha value is -3.26. The number of nitrogens with zero attached hydrogens (tertiary/aromatic N) is 4. The molecule has 0 spiro atoms. The smallest absolute Gasteiger partial charge is 0.257 e. The molecule has 3 aromatic rings. The molecule has 0 saturated carbocycles. The number of carbonyl (C=O) groups excluding carboxylic acids is 2. The molecule has 2 aliphatic rings. The zero-order valence-electron chi connectivity index (χ0n) is 18.8. The van der Waals surface area contributed by atoms with Gasteiger partial charge in [0.25, 0.3) is 5.91 Å². The van der Waals surface area contributed by atoms with E-state index in [1.165, 1.54) is 15.8 Å². The van der Waals surface area contributed by atoms with Gasteiger partial charge in [0.1, 0.15) is 11.9 Å². The summed E-state index contributed by atoms with van der Waals surface area (Å²) in [6, 6.07) is 15.8. The lowest BCUT2D eigenvalue weighted by Gasteiger charge is -2.41. The van der Waals surface area contributed by atoms with Gasteiger partial charge in [-0.05, 0) is 62.3 Å². The molecule has 33 heavy (non-hydrogen) atoms. The first-order valence-corrected chi connectivity index (χ1v) is 11.8. The number of para-hydroxylation sites is 1. The summed E-state index contributed by atoms with van der Waals surface area (Å²) in [6.07, 6.45) is 0.738. The molecule has 2 atom stereocenters. The van der Waals surface area contributed by atoms with E-state index in [4.69, 9.17) is 12.2 Å². The van der Waals surface area contributed by atoms with Crippen LogP contribution in [0.4, 0.5) is 11.5 Å². The number of piperazine rings is 1. The summed E-state index contributed by atoms with van der Waals surface area (Å²) in [6.45, 7) is 6.41. The zero-order chi connectivity index (χ0) is 23.1. The van der Waals surface area contributed by atoms with E-state index in [2.05, 4.69) is 53.3 Å². The second kappa shape index (κ2) is 8.59. The van der Waals surface area contributed by atoms with Crippen LogP contribution in [0.15, 0.2) is 48.5 Å². The van der Waals surface area contributed by atoms with Gasteiger partial charge in [0.2, 0.25) is 10.7 Å². The molecule has 0 bridgehead atoms. The molecule has 1 amide bonds. The summed E-state index contributed by atoms with van der Waals surface area (Å²) in [5, 5.41) is 4.15. The quantitative estimate of drug-likeness (QED) is 0.592. The molecule has 170 valence electrons. The summed E-state index contributed by atoms with van der Waals surface area (Å²) in [5.74, 6) is 0.620. The van der Waals surface area contributed by atoms with Crippen LogP contribution in [-0.4, -0.2) is 58.0 Å². The average Bonchev–Trinajstić information content (AvgIpc) is 3.14. The zero-order valence-corrected chi connectivity index (χ0v) is 19.6. The summed E-state index contributed by atoms with van der Waals surface area (Å²) >= 11 is 5.36. The summed E-state index contributed by atoms with van der Waals surface area (Å²) in [7, 11) is 0. The Morgan fingerprint density at radius 2 is 2.00 bits per heavy atom. The third-order valence-corrected chi connectivity index (χ3v) is 6.85. The Morgan fingerprint density at radius 1 is 1.18 bits per heavy atom. The number of aromatic nitrogens is 2. The van der Waals surface area contributed by atoms with Gasteiger partial charge in [-0.3, -0.25) is 9.59 Å². The van der Waals surface area contributed by atoms with Crippen molar-refractivity contribution >= 4 is 46.4 Å². The molecule has 1 N–H and O–H groups in total. The van der Waals surface area contributed by atoms with Crippen molar-refractivity contribution in [3.63, 3.8) is 0 Å². The summed E-state index contributed by atoms with van der Waals surface area (Å²) < 4.78 is 1.71. The van der Waals surface area contributed by atoms with E-state index in [-0.39, 0.29) is 22.6 Å². The Kier molecular flexibility index (Phi) is 5.62. The largest absolute Gasteiger partial charge is 0.365 e. The van der Waals surface area contributed by atoms with Crippen molar-refractivity contribution < 1.29 is 9.59 Å². The first-order valence-electron chi connectivity index (χ1n) is 11.4. The lowest BCUT2D eigenvalue weighted by Crippen LogP contribution is -2.53. The maximum Gasteiger partial charge on any atom is 0.257 e. The standard InChI is InChI=1S/C25H27N5O2S/c1-16-6-5-7-18(14-16)29-13-12-28(15-17(29)2)22(31)11-10-21-24(32)30-23(26-21)19-8-3-4-9-20(19)27-25(30)33/h3-9,14,17,21,26H,10-13,15H2,1-2H3/t17-,21+/m1/s1. The van der Waals surface area contributed by atoms with Crippen LogP contribution < -0.4 is 10.2 Å². The van der Waals surface area contributed by atoms with Gasteiger partial charge < -0.3 is 15.1 Å². The Labute approximate surface area is 198 Å². The Balaban J connectivity index is 1.23. The molecule has 7 nitrogen and oxygen atoms in total. The molecule has 1 fully saturated rings. The number of fused-ring (bicyclic) bond motifs is 3. The molecule has 2 aromatic carbocycles. The van der Waals surface area contributed by atoms with Crippen molar-refractivity contribution in [1.29, 1.82) is 0 Å². The van der Waals surface area contributed by atoms with Crippen molar-refractivity contribution in [2.75, 3.05) is 29.9 Å². The molecule has 5 rings (SSSR count). The molecule has 0 unspecified atom stereocenters. The number of benzene rings is 2. The number of hydrogen-bond acceptors (Lipinski definition) is 6. The van der Waals surface area contributed by atoms with E-state index < -0.39 is 6.04 Å². The topological polar surface area (TPSA) is 70.5 Å². The van der Waals surface area contributed by atoms with Gasteiger partial charge in [-0.1, -0.05) is 24.3 Å². The number of aryl methyl sites for hydroxylation is 1. The van der Waals surface area contributed by atoms with Gasteiger partial charge in [-0.15, -0.1) is 0 Å². The maximum absolute atomic E-state index is 13.0. The van der Waals surface area contributed by atoms with Crippen LogP contribution in [0.3, 0.4) is 0 Å². The molecule has 1 aromatic heterocycles. The molecular weight excluding hydrogens is 434 g/mol. The summed E-state index contributed by atoms with van der Waals surface area (Å²) in [5.41, 5.74) is 3.19. The number of anilines is 2. The highest BCUT2D eigenvalue weighted by atomic mass is 32.1. The van der Waals surface area contributed by atoms with Gasteiger partial charge >= 0.3 is 0 Å². The monoisotopic (exact) mass is 461 g/mol. The van der Waals surface area contributed by atoms with Gasteiger partial charge in [0.05, 0.1) is 5.52 Å². The van der Waals surface area contributed by atoms with Crippen LogP contribution in [0.25, 0.3) is 10.9 Å². The number of amides is 1. The van der Waals surface area contributed by atoms with E-state index >= 15 is 0 Å². The number of hydrogen-bond donors (Lipinski definition) is 1. The van der Waals surface area contributed by atoms with Crippen molar-refractivity contribution in [3.8, 4) is 0 Å². The minimum atomic E-state index is -0.478. The van der Waals surface area contributed by atoms with Gasteiger partial charge in [0.15, 0.2) is 0 Å².